The molecule has 0 saturated carbocycles. The molecule has 9 aliphatic rings. The quantitative estimate of drug-likeness (QED) is 0.112. The van der Waals surface area contributed by atoms with Gasteiger partial charge in [-0.1, -0.05) is 139 Å². The molecule has 12 aromatic heterocycles. The van der Waals surface area contributed by atoms with Gasteiger partial charge in [-0.25, -0.2) is 4.40 Å². The minimum atomic E-state index is -0.675. The number of ether oxygens (including phenoxy) is 3. The first-order valence-corrected chi connectivity index (χ1v) is 42.5. The van der Waals surface area contributed by atoms with Gasteiger partial charge in [0.1, 0.15) is 84.4 Å². The molecule has 27 aromatic rings. The Morgan fingerprint density at radius 2 is 0.595 bits per heavy atom. The molecule has 121 heavy (non-hydrogen) atoms. The Hall–Kier alpha value is -15.8. The predicted molar refractivity (Wildman–Crippen MR) is 472 cm³/mol. The third kappa shape index (κ3) is 5.85. The summed E-state index contributed by atoms with van der Waals surface area (Å²) in [6, 6.07) is 99.7. The van der Waals surface area contributed by atoms with Crippen LogP contribution in [0, 0.1) is 0 Å². The SMILES string of the molecule is Cn1ccc2c1[n+]1c3c4c5c(ccc4c4ccccc4n23)Oc2ccc3c4ccccc4c4ccc[n+]6c4c3c2C561.c1ccc2c(c1)c1ccc3c4c1c1c2ccc[n+]1C41c2c(ccc4c5ccccc5n5c6ccoc6[n+]1c5c24)O3.c1ccc2c(c1)c1ccc3c4c1c1c2ccc[n+]1C41c2c(ccc4c5ccccc5n5c6ccsc6[n+]1c5c24)O3. The van der Waals surface area contributed by atoms with Gasteiger partial charge in [0, 0.05) is 68.7 Å². The zero-order chi connectivity index (χ0) is 77.3. The van der Waals surface area contributed by atoms with E-state index in [1.54, 1.807) is 0 Å². The molecule has 0 amide bonds. The number of benzene rings is 15. The van der Waals surface area contributed by atoms with Crippen molar-refractivity contribution in [2.75, 3.05) is 0 Å². The summed E-state index contributed by atoms with van der Waals surface area (Å²) in [5, 5.41) is 32.8. The van der Waals surface area contributed by atoms with Crippen LogP contribution in [-0.2, 0) is 24.0 Å². The lowest BCUT2D eigenvalue weighted by Gasteiger charge is -2.29. The second-order valence-electron chi connectivity index (χ2n) is 34.4. The fourth-order valence-corrected chi connectivity index (χ4v) is 27.0. The first-order valence-electron chi connectivity index (χ1n) is 41.6. The van der Waals surface area contributed by atoms with Crippen LogP contribution in [0.3, 0.4) is 0 Å². The van der Waals surface area contributed by atoms with E-state index in [0.29, 0.717) is 0 Å². The van der Waals surface area contributed by atoms with Gasteiger partial charge in [0.25, 0.3) is 5.65 Å². The summed E-state index contributed by atoms with van der Waals surface area (Å²) in [6.45, 7) is 0. The van der Waals surface area contributed by atoms with Crippen molar-refractivity contribution in [1.29, 1.82) is 0 Å². The van der Waals surface area contributed by atoms with E-state index in [2.05, 4.69) is 355 Å². The van der Waals surface area contributed by atoms with Gasteiger partial charge in [0.2, 0.25) is 32.5 Å². The molecule has 21 heterocycles. The average molecular weight is 1560 g/mol. The summed E-state index contributed by atoms with van der Waals surface area (Å²) < 4.78 is 52.0. The molecule has 36 rings (SSSR count). The summed E-state index contributed by atoms with van der Waals surface area (Å²) >= 11 is 1.83. The smallest absolute Gasteiger partial charge is 0.374 e. The van der Waals surface area contributed by atoms with Crippen LogP contribution in [-0.4, -0.2) is 17.8 Å². The predicted octanol–water partition coefficient (Wildman–Crippen LogP) is 21.4. The lowest BCUT2D eigenvalue weighted by atomic mass is 9.85. The van der Waals surface area contributed by atoms with E-state index in [1.807, 2.05) is 17.6 Å². The molecule has 15 aromatic carbocycles. The molecule has 3 atom stereocenters. The third-order valence-corrected chi connectivity index (χ3v) is 30.7. The van der Waals surface area contributed by atoms with Crippen LogP contribution in [0.5, 0.6) is 34.5 Å². The first-order chi connectivity index (χ1) is 60.0. The van der Waals surface area contributed by atoms with E-state index in [-0.39, 0.29) is 0 Å². The minimum Gasteiger partial charge on any atom is -0.456 e. The molecule has 3 spiro atoms. The number of imidazole rings is 3. The van der Waals surface area contributed by atoms with E-state index in [0.717, 1.165) is 51.4 Å². The number of nitrogens with zero attached hydrogens (tertiary/aromatic N) is 10. The number of aryl methyl sites for hydroxylation is 1. The average Bonchev–Trinajstić information content (AvgIpc) is 1.47. The Balaban J connectivity index is 0.0000000840. The second-order valence-corrected chi connectivity index (χ2v) is 35.3. The standard InChI is InChI=1S/C36H20N4O.C35H17N3O2.C35H17N3OS/c1-37-18-16-26-34(37)40-35-30-23(21-9-4-5-11-25(21)39(26)35)13-15-28-32(30)36(40)31-27(41-28)14-12-22-19-7-2-3-8-20(19)24-10-6-17-38(36)33(24)29(22)31;1-2-7-19-18(6-1)21-11-13-26-30-28(21)32-23(19)9-5-16-36(32)35(30)31-27(40-26)14-12-22-20-8-3-4-10-24(20)37-25-15-17-39-34(25)38(35)33(37)29(22)31;1-2-7-19-18(6-1)21-11-13-26-30-28(21)32-23(19)9-5-16-36(32)35(30)31-27(39-26)14-12-22-20-8-3-4-10-24(20)37-25-15-17-40-34(25)38(35)33(37)29(22)31/h2-18H,1H3;2*1-17H/q3*+2. The number of hydrogen-bond acceptors (Lipinski definition) is 5. The monoisotopic (exact) mass is 1560 g/mol. The summed E-state index contributed by atoms with van der Waals surface area (Å²) in [7, 11) is 2.17. The van der Waals surface area contributed by atoms with Crippen molar-refractivity contribution in [3.63, 3.8) is 0 Å². The van der Waals surface area contributed by atoms with E-state index in [1.165, 1.54) is 229 Å². The Morgan fingerprint density at radius 1 is 0.264 bits per heavy atom. The summed E-state index contributed by atoms with van der Waals surface area (Å²) in [4.78, 5) is 1.28. The van der Waals surface area contributed by atoms with Crippen molar-refractivity contribution in [3.05, 3.63) is 343 Å². The number of hydrogen-bond donors (Lipinski definition) is 0. The van der Waals surface area contributed by atoms with Gasteiger partial charge >= 0.3 is 34.0 Å². The van der Waals surface area contributed by atoms with E-state index in [9.17, 15) is 0 Å². The molecule has 0 fully saturated rings. The number of furan rings is 1. The summed E-state index contributed by atoms with van der Waals surface area (Å²) in [5.74, 6) is 5.59. The van der Waals surface area contributed by atoms with Crippen LogP contribution >= 0.6 is 11.3 Å². The first kappa shape index (κ1) is 59.8. The fraction of sp³-hybridized carbons (Fsp3) is 0.0377. The molecule has 0 bridgehead atoms. The van der Waals surface area contributed by atoms with Crippen molar-refractivity contribution in [3.8, 4) is 34.5 Å². The van der Waals surface area contributed by atoms with Gasteiger partial charge in [-0.15, -0.1) is 18.3 Å². The molecule has 9 aliphatic heterocycles. The highest BCUT2D eigenvalue weighted by molar-refractivity contribution is 7.16. The summed E-state index contributed by atoms with van der Waals surface area (Å²) in [5.41, 5.74) is 22.3. The second kappa shape index (κ2) is 19.1. The van der Waals surface area contributed by atoms with E-state index >= 15 is 0 Å². The topological polar surface area (TPSA) is 82.3 Å². The Morgan fingerprint density at radius 3 is 1.02 bits per heavy atom. The maximum atomic E-state index is 6.88. The molecular weight excluding hydrogens is 1510 g/mol. The highest BCUT2D eigenvalue weighted by Gasteiger charge is 2.72. The van der Waals surface area contributed by atoms with Gasteiger partial charge in [0.15, 0.2) is 29.6 Å². The molecule has 15 heteroatoms. The minimum absolute atomic E-state index is 0.571. The van der Waals surface area contributed by atoms with Crippen molar-refractivity contribution in [1.82, 2.24) is 17.8 Å². The number of para-hydroxylation sites is 3. The van der Waals surface area contributed by atoms with Crippen LogP contribution < -0.4 is 41.6 Å². The number of fused-ring (bicyclic) bond motifs is 27. The van der Waals surface area contributed by atoms with Crippen LogP contribution in [0.2, 0.25) is 0 Å². The molecule has 0 aliphatic carbocycles. The Labute approximate surface area is 684 Å². The largest absolute Gasteiger partial charge is 0.456 e. The maximum absolute atomic E-state index is 6.88. The van der Waals surface area contributed by atoms with Gasteiger partial charge in [-0.3, -0.25) is 4.57 Å². The normalized spacial score (nSPS) is 17.8. The highest BCUT2D eigenvalue weighted by Crippen LogP contribution is 2.64. The summed E-state index contributed by atoms with van der Waals surface area (Å²) in [6.07, 6.45) is 10.9. The van der Waals surface area contributed by atoms with Gasteiger partial charge < -0.3 is 18.6 Å². The van der Waals surface area contributed by atoms with Crippen LogP contribution in [0.15, 0.2) is 314 Å². The van der Waals surface area contributed by atoms with Crippen molar-refractivity contribution < 1.29 is 46.0 Å². The molecule has 3 unspecified atom stereocenters. The Bertz CT molecular complexity index is 9690. The number of aromatic nitrogens is 10. The lowest BCUT2D eigenvalue weighted by molar-refractivity contribution is -0.936. The van der Waals surface area contributed by atoms with E-state index in [4.69, 9.17) is 18.6 Å². The Kier molecular flexibility index (Phi) is 9.41. The number of rotatable bonds is 0. The lowest BCUT2D eigenvalue weighted by Crippen LogP contribution is -2.72. The zero-order valence-corrected chi connectivity index (χ0v) is 64.8. The van der Waals surface area contributed by atoms with Gasteiger partial charge in [-0.05, 0) is 163 Å². The van der Waals surface area contributed by atoms with Crippen LogP contribution in [0.4, 0.5) is 0 Å². The van der Waals surface area contributed by atoms with Crippen molar-refractivity contribution >= 4 is 223 Å². The third-order valence-electron chi connectivity index (χ3n) is 29.8. The molecule has 0 N–H and O–H groups in total. The highest BCUT2D eigenvalue weighted by atomic mass is 32.1. The maximum Gasteiger partial charge on any atom is 0.374 e. The zero-order valence-electron chi connectivity index (χ0n) is 64.0. The molecule has 0 radical (unpaired) electrons. The number of thiophene rings is 1. The van der Waals surface area contributed by atoms with Crippen LogP contribution in [0.25, 0.3) is 212 Å². The van der Waals surface area contributed by atoms with E-state index < -0.39 is 17.0 Å². The molecular formula is C106H54N10O4S+6. The molecule has 552 valence electrons. The molecule has 14 nitrogen and oxygen atoms in total. The van der Waals surface area contributed by atoms with Crippen LogP contribution in [0.1, 0.15) is 33.4 Å². The van der Waals surface area contributed by atoms with Crippen molar-refractivity contribution in [2.24, 2.45) is 7.05 Å². The molecule has 0 saturated heterocycles. The van der Waals surface area contributed by atoms with Gasteiger partial charge in [-0.2, -0.15) is 17.9 Å². The number of pyridine rings is 6. The van der Waals surface area contributed by atoms with Gasteiger partial charge in [0.05, 0.1) is 68.0 Å². The van der Waals surface area contributed by atoms with Crippen molar-refractivity contribution in [2.45, 2.75) is 17.0 Å². The fourth-order valence-electron chi connectivity index (χ4n) is 26.1.